The molecule has 4 saturated carbocycles. The second-order valence-corrected chi connectivity index (χ2v) is 33.6. The van der Waals surface area contributed by atoms with Crippen molar-refractivity contribution in [2.45, 2.75) is 155 Å². The maximum atomic E-state index is 11.7. The Labute approximate surface area is 585 Å². The van der Waals surface area contributed by atoms with Crippen molar-refractivity contribution in [2.75, 3.05) is 44.0 Å². The molecule has 0 saturated heterocycles. The van der Waals surface area contributed by atoms with Crippen molar-refractivity contribution in [1.29, 1.82) is 5.26 Å². The minimum Gasteiger partial charge on any atom is -1.00 e. The van der Waals surface area contributed by atoms with Gasteiger partial charge in [0.05, 0.1) is 43.3 Å². The quantitative estimate of drug-likeness (QED) is 0.0144. The molecule has 1 heterocycles. The summed E-state index contributed by atoms with van der Waals surface area (Å²) >= 11 is 0. The molecule has 3 radical (unpaired) electrons. The summed E-state index contributed by atoms with van der Waals surface area (Å²) in [4.78, 5) is 52.8. The average molecular weight is 1350 g/mol. The molecule has 4 aromatic carbocycles. The molecule has 4 aliphatic rings. The molecule has 0 bridgehead atoms. The summed E-state index contributed by atoms with van der Waals surface area (Å²) in [5, 5.41) is 41.3. The molecule has 475 valence electrons. The van der Waals surface area contributed by atoms with Crippen LogP contribution in [0, 0.1) is 48.0 Å². The van der Waals surface area contributed by atoms with Gasteiger partial charge in [0, 0.05) is 58.7 Å². The summed E-state index contributed by atoms with van der Waals surface area (Å²) in [7, 11) is 3.86. The standard InChI is InChI=1S/C12H9N3O2.C12H17NO.C12H15NO.C12H22NSi2.C8H15NO2.C6H10O2.C2H7NO.B.BrH.ClH.Mg.Na.H/c1-8-5-11(12(16)17)15(14-8)10-4-2-3-9(6-10)7-13;2*13-11-3-1-2-10(8-11)12(14)7-6-9-4-5-9;1-14(2,3)13(15(4,5)6)12-10-8-7-9-11-12;1-9(11-2)8(10)6-5-7-3-4-7;7-6(8)4-3-5-1-2-5;1-3-4-2;;;;;;/h2-6H,1H3,(H,16,17);1-3,8-9,12,14H,4-7,13H2;1-3,8-9H,4-7,13H2;7-8,10-11H,1-6H3;7H,3-6H2,1-2H3;5H,1-4H2,(H,7,8);3H,1-2H3;;2*1H;;;/q;;;-1;;;;;;;+2;+1;-1/p-1. The van der Waals surface area contributed by atoms with Gasteiger partial charge in [-0.3, -0.25) is 19.2 Å². The van der Waals surface area contributed by atoms with Gasteiger partial charge < -0.3 is 54.3 Å². The van der Waals surface area contributed by atoms with Crippen LogP contribution in [0.5, 0.6) is 0 Å². The summed E-state index contributed by atoms with van der Waals surface area (Å²) in [6.45, 7) is 16.2. The first kappa shape index (κ1) is 88.1. The molecule has 0 spiro atoms. The Morgan fingerprint density at radius 1 is 0.784 bits per heavy atom. The van der Waals surface area contributed by atoms with E-state index in [2.05, 4.69) is 83.2 Å². The number of aliphatic hydroxyl groups excluding tert-OH is 1. The normalized spacial score (nSPS) is 13.5. The number of Topliss-reactive ketones (excluding diaryl/α,β-unsaturated/α-hetero) is 1. The Balaban J connectivity index is -0.000000479. The largest absolute Gasteiger partial charge is 2.00 e. The molecule has 1 aromatic heterocycles. The molecule has 1 amide bonds. The van der Waals surface area contributed by atoms with Gasteiger partial charge in [-0.2, -0.15) is 40.7 Å². The second kappa shape index (κ2) is 46.1. The summed E-state index contributed by atoms with van der Waals surface area (Å²) in [6.07, 6.45) is 16.8. The van der Waals surface area contributed by atoms with Crippen molar-refractivity contribution < 1.29 is 92.1 Å². The first-order chi connectivity index (χ1) is 39.3. The molecule has 24 heteroatoms. The van der Waals surface area contributed by atoms with Crippen LogP contribution in [0.2, 0.25) is 39.3 Å². The zero-order chi connectivity index (χ0) is 61.7. The zero-order valence-electron chi connectivity index (χ0n) is 55.3. The Morgan fingerprint density at radius 3 is 1.73 bits per heavy atom. The number of hydrogen-bond donors (Lipinski definition) is 6. The fourth-order valence-electron chi connectivity index (χ4n) is 8.92. The average Bonchev–Trinajstić information content (AvgIpc) is 1.92. The van der Waals surface area contributed by atoms with Crippen molar-refractivity contribution in [3.63, 3.8) is 0 Å². The molecule has 1 atom stereocenters. The van der Waals surface area contributed by atoms with Crippen molar-refractivity contribution in [3.05, 3.63) is 137 Å². The molecule has 8 N–H and O–H groups in total. The minimum absolute atomic E-state index is 0. The Kier molecular flexibility index (Phi) is 46.1. The number of nitrogens with zero attached hydrogens (tertiary/aromatic N) is 5. The smallest absolute Gasteiger partial charge is 1.00 e. The van der Waals surface area contributed by atoms with E-state index < -0.39 is 28.4 Å². The minimum atomic E-state index is -1.29. The number of halogens is 2. The number of nitrogen functional groups attached to an aromatic ring is 2. The van der Waals surface area contributed by atoms with Gasteiger partial charge >= 0.3 is 64.5 Å². The fraction of sp³-hybridized carbons (Fsp3) is 0.500. The van der Waals surface area contributed by atoms with Crippen molar-refractivity contribution in [2.24, 2.45) is 23.7 Å². The van der Waals surface area contributed by atoms with Crippen molar-refractivity contribution >= 4 is 101 Å². The summed E-state index contributed by atoms with van der Waals surface area (Å²) < 4.78 is 4.02. The van der Waals surface area contributed by atoms with Crippen LogP contribution in [-0.4, -0.2) is 130 Å². The zero-order valence-corrected chi connectivity index (χ0v) is 62.1. The Bertz CT molecular complexity index is 2810. The first-order valence-electron chi connectivity index (χ1n) is 29.0. The van der Waals surface area contributed by atoms with Crippen LogP contribution in [0.3, 0.4) is 0 Å². The SMILES string of the molecule is CNOC.CON(C)C(=O)CCC1CC1.C[Si](C)(C)N(c1c[c-]ccc1)[Si](C)(C)C.Cc1cc(C(=O)O)n(-c2cccc(C#N)c2)n1.Cl.Nc1cccc(C(=O)CCC2CC2)c1.Nc1cccc(C(O)CCC2CC2)c1.O=C(O)CCC1CC1.[B].[Br-].[H-].[Mg+2].[Na+]. The number of anilines is 3. The molecule has 88 heavy (non-hydrogen) atoms. The fourth-order valence-corrected chi connectivity index (χ4v) is 18.8. The van der Waals surface area contributed by atoms with Gasteiger partial charge in [0.2, 0.25) is 5.91 Å². The first-order valence-corrected chi connectivity index (χ1v) is 35.9. The number of hydroxylamine groups is 3. The van der Waals surface area contributed by atoms with E-state index in [1.807, 2.05) is 48.5 Å². The van der Waals surface area contributed by atoms with Gasteiger partial charge in [0.1, 0.15) is 16.5 Å². The number of aryl methyl sites for hydroxylation is 1. The van der Waals surface area contributed by atoms with E-state index >= 15 is 0 Å². The number of carbonyl (C=O) groups excluding carboxylic acids is 2. The summed E-state index contributed by atoms with van der Waals surface area (Å²) in [5.41, 5.74) is 19.9. The van der Waals surface area contributed by atoms with E-state index in [1.54, 1.807) is 64.5 Å². The molecule has 4 fully saturated rings. The van der Waals surface area contributed by atoms with E-state index in [0.29, 0.717) is 41.9 Å². The monoisotopic (exact) mass is 1350 g/mol. The molecule has 9 rings (SSSR count). The maximum Gasteiger partial charge on any atom is 2.00 e. The van der Waals surface area contributed by atoms with Gasteiger partial charge in [0.15, 0.2) is 11.5 Å². The predicted molar refractivity (Wildman–Crippen MR) is 357 cm³/mol. The third kappa shape index (κ3) is 37.9. The number of aromatic nitrogens is 2. The number of hydrogen-bond acceptors (Lipinski definition) is 13. The molecule has 17 nitrogen and oxygen atoms in total. The molecule has 0 aliphatic heterocycles. The van der Waals surface area contributed by atoms with E-state index in [4.69, 9.17) is 31.8 Å². The molecular weight excluding hydrogens is 1250 g/mol. The molecule has 5 aromatic rings. The van der Waals surface area contributed by atoms with Crippen LogP contribution < -0.4 is 67.7 Å². The number of aliphatic carboxylic acids is 1. The molecule has 4 aliphatic carbocycles. The maximum absolute atomic E-state index is 11.7. The number of carboxylic acid groups (broad SMARTS) is 2. The number of nitrogens with one attached hydrogen (secondary N) is 1. The van der Waals surface area contributed by atoms with E-state index in [-0.39, 0.29) is 115 Å². The number of carbonyl (C=O) groups is 4. The summed E-state index contributed by atoms with van der Waals surface area (Å²) in [6, 6.07) is 36.5. The number of nitrogens with two attached hydrogens (primary N) is 2. The van der Waals surface area contributed by atoms with Crippen LogP contribution in [0.25, 0.3) is 5.69 Å². The second-order valence-electron chi connectivity index (χ2n) is 23.6. The molecular formula is C64H97BBrClMgN8NaO9Si2. The number of amides is 1. The number of carboxylic acids is 2. The topological polar surface area (TPSA) is 260 Å². The van der Waals surface area contributed by atoms with Gasteiger partial charge in [-0.25, -0.2) is 20.0 Å². The van der Waals surface area contributed by atoms with E-state index in [9.17, 15) is 24.3 Å². The van der Waals surface area contributed by atoms with Gasteiger partial charge in [-0.1, -0.05) is 127 Å². The van der Waals surface area contributed by atoms with Crippen molar-refractivity contribution in [1.82, 2.24) is 20.3 Å². The van der Waals surface area contributed by atoms with Gasteiger partial charge in [-0.05, 0) is 117 Å². The number of aromatic carboxylic acids is 1. The van der Waals surface area contributed by atoms with E-state index in [0.717, 1.165) is 72.6 Å². The van der Waals surface area contributed by atoms with Gasteiger partial charge in [0.25, 0.3) is 0 Å². The number of benzene rings is 4. The number of ketones is 1. The predicted octanol–water partition coefficient (Wildman–Crippen LogP) is 6.85. The van der Waals surface area contributed by atoms with Crippen molar-refractivity contribution in [3.8, 4) is 11.8 Å². The molecule has 1 unspecified atom stereocenters. The van der Waals surface area contributed by atoms with Crippen LogP contribution in [0.1, 0.15) is 148 Å². The van der Waals surface area contributed by atoms with Crippen LogP contribution in [0.15, 0.2) is 103 Å². The third-order valence-corrected chi connectivity index (χ3v) is 21.1. The van der Waals surface area contributed by atoms with Crippen LogP contribution >= 0.6 is 12.4 Å². The van der Waals surface area contributed by atoms with E-state index in [1.165, 1.54) is 80.0 Å². The number of rotatable bonds is 21. The Morgan fingerprint density at radius 2 is 1.28 bits per heavy atom. The Hall–Kier alpha value is -4.07. The number of nitriles is 1. The third-order valence-electron chi connectivity index (χ3n) is 13.8. The van der Waals surface area contributed by atoms with Crippen LogP contribution in [-0.2, 0) is 19.3 Å². The van der Waals surface area contributed by atoms with Crippen LogP contribution in [0.4, 0.5) is 17.1 Å². The number of aliphatic hydroxyl groups is 1. The van der Waals surface area contributed by atoms with Gasteiger partial charge in [-0.15, -0.1) is 12.4 Å². The summed E-state index contributed by atoms with van der Waals surface area (Å²) in [5.74, 6) is 1.88.